The third-order valence-electron chi connectivity index (χ3n) is 3.22. The van der Waals surface area contributed by atoms with Crippen molar-refractivity contribution in [2.24, 2.45) is 7.05 Å². The zero-order valence-corrected chi connectivity index (χ0v) is 12.1. The first-order chi connectivity index (χ1) is 10.2. The zero-order chi connectivity index (χ0) is 14.8. The van der Waals surface area contributed by atoms with E-state index in [1.54, 1.807) is 36.0 Å². The van der Waals surface area contributed by atoms with Gasteiger partial charge < -0.3 is 9.67 Å². The molecule has 0 saturated heterocycles. The van der Waals surface area contributed by atoms with Crippen LogP contribution in [0.4, 0.5) is 4.39 Å². The van der Waals surface area contributed by atoms with Crippen molar-refractivity contribution in [1.82, 2.24) is 19.7 Å². The first-order valence-electron chi connectivity index (χ1n) is 6.34. The summed E-state index contributed by atoms with van der Waals surface area (Å²) in [5.74, 6) is 0.846. The van der Waals surface area contributed by atoms with Crippen LogP contribution in [0.1, 0.15) is 11.4 Å². The highest BCUT2D eigenvalue weighted by Crippen LogP contribution is 2.26. The Morgan fingerprint density at radius 1 is 1.29 bits per heavy atom. The molecule has 2 aromatic heterocycles. The van der Waals surface area contributed by atoms with Gasteiger partial charge in [0.2, 0.25) is 0 Å². The fraction of sp³-hybridized carbons (Fsp3) is 0.214. The van der Waals surface area contributed by atoms with Crippen molar-refractivity contribution in [2.75, 3.05) is 0 Å². The van der Waals surface area contributed by atoms with Crippen molar-refractivity contribution in [3.8, 4) is 0 Å². The standard InChI is InChI=1S/C14H13FN4OS/c1-19-12(7-20)17-18-14(19)21-8-9-4-5-11(15)10-3-2-6-16-13(9)10/h2-6,20H,7-8H2,1H3. The quantitative estimate of drug-likeness (QED) is 0.749. The molecule has 1 aromatic carbocycles. The number of aromatic nitrogens is 4. The lowest BCUT2D eigenvalue weighted by atomic mass is 10.1. The summed E-state index contributed by atoms with van der Waals surface area (Å²) >= 11 is 1.47. The molecular formula is C14H13FN4OS. The maximum absolute atomic E-state index is 13.7. The van der Waals surface area contributed by atoms with Crippen LogP contribution in [0, 0.1) is 5.82 Å². The second-order valence-electron chi connectivity index (χ2n) is 4.51. The summed E-state index contributed by atoms with van der Waals surface area (Å²) in [6, 6.07) is 6.63. The van der Waals surface area contributed by atoms with Crippen LogP contribution in [0.2, 0.25) is 0 Å². The summed E-state index contributed by atoms with van der Waals surface area (Å²) in [6.45, 7) is -0.148. The molecule has 21 heavy (non-hydrogen) atoms. The molecule has 0 aliphatic carbocycles. The van der Waals surface area contributed by atoms with E-state index in [-0.39, 0.29) is 12.4 Å². The monoisotopic (exact) mass is 304 g/mol. The van der Waals surface area contributed by atoms with Crippen molar-refractivity contribution >= 4 is 22.7 Å². The van der Waals surface area contributed by atoms with Gasteiger partial charge in [-0.15, -0.1) is 10.2 Å². The zero-order valence-electron chi connectivity index (χ0n) is 11.3. The van der Waals surface area contributed by atoms with Gasteiger partial charge in [0.25, 0.3) is 0 Å². The van der Waals surface area contributed by atoms with E-state index >= 15 is 0 Å². The minimum absolute atomic E-state index is 0.148. The number of hydrogen-bond acceptors (Lipinski definition) is 5. The van der Waals surface area contributed by atoms with Crippen LogP contribution in [0.3, 0.4) is 0 Å². The maximum atomic E-state index is 13.7. The van der Waals surface area contributed by atoms with Crippen molar-refractivity contribution in [1.29, 1.82) is 0 Å². The van der Waals surface area contributed by atoms with Gasteiger partial charge in [-0.05, 0) is 23.8 Å². The minimum Gasteiger partial charge on any atom is -0.388 e. The Morgan fingerprint density at radius 2 is 2.14 bits per heavy atom. The molecule has 0 unspecified atom stereocenters. The Balaban J connectivity index is 1.88. The summed E-state index contributed by atoms with van der Waals surface area (Å²) in [5.41, 5.74) is 1.60. The van der Waals surface area contributed by atoms with E-state index in [2.05, 4.69) is 15.2 Å². The van der Waals surface area contributed by atoms with Gasteiger partial charge in [0.05, 0.1) is 5.52 Å². The summed E-state index contributed by atoms with van der Waals surface area (Å²) in [6.07, 6.45) is 1.65. The maximum Gasteiger partial charge on any atom is 0.191 e. The number of benzene rings is 1. The number of nitrogens with zero attached hydrogens (tertiary/aromatic N) is 4. The summed E-state index contributed by atoms with van der Waals surface area (Å²) in [7, 11) is 1.80. The Labute approximate surface area is 124 Å². The molecule has 108 valence electrons. The summed E-state index contributed by atoms with van der Waals surface area (Å²) in [5, 5.41) is 18.2. The van der Waals surface area contributed by atoms with E-state index < -0.39 is 0 Å². The van der Waals surface area contributed by atoms with Gasteiger partial charge in [0.1, 0.15) is 12.4 Å². The Bertz CT molecular complexity index is 790. The third kappa shape index (κ3) is 2.62. The lowest BCUT2D eigenvalue weighted by molar-refractivity contribution is 0.266. The average Bonchev–Trinajstić information content (AvgIpc) is 2.87. The van der Waals surface area contributed by atoms with Crippen molar-refractivity contribution < 1.29 is 9.50 Å². The molecule has 0 aliphatic rings. The summed E-state index contributed by atoms with van der Waals surface area (Å²) in [4.78, 5) is 4.26. The first-order valence-corrected chi connectivity index (χ1v) is 7.33. The molecule has 0 amide bonds. The van der Waals surface area contributed by atoms with Crippen LogP contribution in [-0.2, 0) is 19.4 Å². The van der Waals surface area contributed by atoms with Crippen LogP contribution in [0.15, 0.2) is 35.6 Å². The topological polar surface area (TPSA) is 63.8 Å². The first kappa shape index (κ1) is 14.0. The molecule has 1 N–H and O–H groups in total. The fourth-order valence-corrected chi connectivity index (χ4v) is 2.98. The van der Waals surface area contributed by atoms with Gasteiger partial charge in [-0.2, -0.15) is 0 Å². The molecule has 0 spiro atoms. The number of fused-ring (bicyclic) bond motifs is 1. The molecule has 7 heteroatoms. The number of halogens is 1. The molecule has 0 saturated carbocycles. The molecular weight excluding hydrogens is 291 g/mol. The molecule has 0 bridgehead atoms. The minimum atomic E-state index is -0.270. The largest absolute Gasteiger partial charge is 0.388 e. The predicted molar refractivity (Wildman–Crippen MR) is 78.2 cm³/mol. The highest BCUT2D eigenvalue weighted by molar-refractivity contribution is 7.98. The number of pyridine rings is 1. The highest BCUT2D eigenvalue weighted by atomic mass is 32.2. The molecule has 2 heterocycles. The Kier molecular flexibility index (Phi) is 3.85. The molecule has 0 atom stereocenters. The highest BCUT2D eigenvalue weighted by Gasteiger charge is 2.11. The lowest BCUT2D eigenvalue weighted by Crippen LogP contribution is -1.98. The second-order valence-corrected chi connectivity index (χ2v) is 5.45. The number of aliphatic hydroxyl groups is 1. The van der Waals surface area contributed by atoms with Crippen molar-refractivity contribution in [3.63, 3.8) is 0 Å². The van der Waals surface area contributed by atoms with Crippen LogP contribution in [0.25, 0.3) is 10.9 Å². The van der Waals surface area contributed by atoms with E-state index in [4.69, 9.17) is 5.11 Å². The van der Waals surface area contributed by atoms with Crippen LogP contribution < -0.4 is 0 Å². The van der Waals surface area contributed by atoms with Gasteiger partial charge in [-0.3, -0.25) is 4.98 Å². The molecule has 0 fully saturated rings. The van der Waals surface area contributed by atoms with Gasteiger partial charge in [-0.25, -0.2) is 4.39 Å². The van der Waals surface area contributed by atoms with Gasteiger partial charge in [0, 0.05) is 24.4 Å². The molecule has 0 aliphatic heterocycles. The molecule has 0 radical (unpaired) electrons. The van der Waals surface area contributed by atoms with Crippen LogP contribution in [-0.4, -0.2) is 24.9 Å². The number of thioether (sulfide) groups is 1. The molecule has 3 rings (SSSR count). The second kappa shape index (κ2) is 5.79. The lowest BCUT2D eigenvalue weighted by Gasteiger charge is -2.06. The van der Waals surface area contributed by atoms with E-state index in [9.17, 15) is 4.39 Å². The average molecular weight is 304 g/mol. The van der Waals surface area contributed by atoms with E-state index in [0.29, 0.717) is 27.6 Å². The number of aliphatic hydroxyl groups excluding tert-OH is 1. The summed E-state index contributed by atoms with van der Waals surface area (Å²) < 4.78 is 15.5. The van der Waals surface area contributed by atoms with E-state index in [1.165, 1.54) is 17.8 Å². The van der Waals surface area contributed by atoms with Gasteiger partial charge in [0.15, 0.2) is 11.0 Å². The smallest absolute Gasteiger partial charge is 0.191 e. The van der Waals surface area contributed by atoms with Gasteiger partial charge in [-0.1, -0.05) is 17.8 Å². The molecule has 3 aromatic rings. The van der Waals surface area contributed by atoms with Crippen LogP contribution in [0.5, 0.6) is 0 Å². The Hall–Kier alpha value is -1.99. The van der Waals surface area contributed by atoms with Crippen molar-refractivity contribution in [2.45, 2.75) is 17.5 Å². The SMILES string of the molecule is Cn1c(CO)nnc1SCc1ccc(F)c2cccnc12. The Morgan fingerprint density at radius 3 is 2.90 bits per heavy atom. The molecule has 5 nitrogen and oxygen atoms in total. The number of rotatable bonds is 4. The number of hydrogen-bond donors (Lipinski definition) is 1. The fourth-order valence-electron chi connectivity index (χ4n) is 2.06. The third-order valence-corrected chi connectivity index (χ3v) is 4.29. The van der Waals surface area contributed by atoms with E-state index in [1.807, 2.05) is 0 Å². The normalized spacial score (nSPS) is 11.2. The predicted octanol–water partition coefficient (Wildman–Crippen LogP) is 2.29. The van der Waals surface area contributed by atoms with Crippen LogP contribution >= 0.6 is 11.8 Å². The van der Waals surface area contributed by atoms with Gasteiger partial charge >= 0.3 is 0 Å². The van der Waals surface area contributed by atoms with E-state index in [0.717, 1.165) is 5.56 Å². The van der Waals surface area contributed by atoms with Crippen molar-refractivity contribution in [3.05, 3.63) is 47.7 Å².